The highest BCUT2D eigenvalue weighted by Gasteiger charge is 2.23. The van der Waals surface area contributed by atoms with E-state index in [2.05, 4.69) is 38.4 Å². The molecule has 0 saturated carbocycles. The number of anilines is 1. The number of nitrogens with one attached hydrogen (secondary N) is 2. The number of rotatable bonds is 0. The summed E-state index contributed by atoms with van der Waals surface area (Å²) in [6.07, 6.45) is 0.389. The zero-order valence-corrected chi connectivity index (χ0v) is 13.0. The van der Waals surface area contributed by atoms with Crippen molar-refractivity contribution in [1.29, 1.82) is 0 Å². The van der Waals surface area contributed by atoms with E-state index in [4.69, 9.17) is 0 Å². The molecule has 0 radical (unpaired) electrons. The summed E-state index contributed by atoms with van der Waals surface area (Å²) in [7, 11) is 0. The molecule has 0 spiro atoms. The van der Waals surface area contributed by atoms with Crippen LogP contribution in [0.25, 0.3) is 22.2 Å². The third-order valence-electron chi connectivity index (χ3n) is 4.01. The predicted octanol–water partition coefficient (Wildman–Crippen LogP) is 4.40. The van der Waals surface area contributed by atoms with E-state index in [0.717, 1.165) is 43.4 Å². The molecule has 1 amide bonds. The molecule has 0 aliphatic carbocycles. The smallest absolute Gasteiger partial charge is 0.228 e. The Kier molecular flexibility index (Phi) is 2.69. The average molecular weight is 341 g/mol. The highest BCUT2D eigenvalue weighted by molar-refractivity contribution is 9.10. The molecule has 4 heteroatoms. The molecule has 2 N–H and O–H groups in total. The van der Waals surface area contributed by atoms with Crippen LogP contribution in [0.2, 0.25) is 0 Å². The second-order valence-electron chi connectivity index (χ2n) is 5.39. The first kappa shape index (κ1) is 12.7. The lowest BCUT2D eigenvalue weighted by Gasteiger charge is -2.09. The number of aromatic amines is 1. The van der Waals surface area contributed by atoms with Gasteiger partial charge in [0, 0.05) is 20.9 Å². The topological polar surface area (TPSA) is 44.9 Å². The number of hydrogen-bond acceptors (Lipinski definition) is 1. The number of para-hydroxylation sites is 1. The molecule has 2 aromatic carbocycles. The van der Waals surface area contributed by atoms with Crippen molar-refractivity contribution in [1.82, 2.24) is 4.98 Å². The van der Waals surface area contributed by atoms with Crippen LogP contribution in [0.1, 0.15) is 11.1 Å². The molecule has 1 aliphatic rings. The highest BCUT2D eigenvalue weighted by Crippen LogP contribution is 2.39. The molecule has 0 bridgehead atoms. The number of carbonyl (C=O) groups is 1. The molecule has 104 valence electrons. The van der Waals surface area contributed by atoms with Crippen molar-refractivity contribution in [3.05, 3.63) is 52.0 Å². The van der Waals surface area contributed by atoms with Crippen molar-refractivity contribution in [3.8, 4) is 11.3 Å². The van der Waals surface area contributed by atoms with Crippen LogP contribution in [-0.2, 0) is 11.2 Å². The lowest BCUT2D eigenvalue weighted by Crippen LogP contribution is -2.13. The van der Waals surface area contributed by atoms with Crippen LogP contribution < -0.4 is 5.32 Å². The molecular weight excluding hydrogens is 328 g/mol. The summed E-state index contributed by atoms with van der Waals surface area (Å²) in [5.41, 5.74) is 6.21. The zero-order valence-electron chi connectivity index (χ0n) is 11.5. The van der Waals surface area contributed by atoms with Crippen LogP contribution in [0.3, 0.4) is 0 Å². The van der Waals surface area contributed by atoms with E-state index in [9.17, 15) is 4.79 Å². The average Bonchev–Trinajstić information content (AvgIpc) is 2.71. The first-order valence-corrected chi connectivity index (χ1v) is 7.63. The molecule has 21 heavy (non-hydrogen) atoms. The second-order valence-corrected chi connectivity index (χ2v) is 6.31. The van der Waals surface area contributed by atoms with Crippen LogP contribution in [0.5, 0.6) is 0 Å². The summed E-state index contributed by atoms with van der Waals surface area (Å²) in [6.45, 7) is 2.02. The lowest BCUT2D eigenvalue weighted by molar-refractivity contribution is -0.115. The van der Waals surface area contributed by atoms with Crippen LogP contribution in [-0.4, -0.2) is 10.9 Å². The summed E-state index contributed by atoms with van der Waals surface area (Å²) in [4.78, 5) is 15.7. The zero-order chi connectivity index (χ0) is 14.6. The van der Waals surface area contributed by atoms with Crippen molar-refractivity contribution >= 4 is 38.4 Å². The first-order chi connectivity index (χ1) is 10.1. The molecule has 0 unspecified atom stereocenters. The van der Waals surface area contributed by atoms with Crippen molar-refractivity contribution in [2.24, 2.45) is 0 Å². The SMILES string of the molecule is Cc1cccc2c1NC(=O)Cc1c-2[nH]c2ccc(Br)cc12. The first-order valence-electron chi connectivity index (χ1n) is 6.83. The van der Waals surface area contributed by atoms with Gasteiger partial charge in [-0.25, -0.2) is 0 Å². The third kappa shape index (κ3) is 1.90. The number of halogens is 1. The Morgan fingerprint density at radius 1 is 1.19 bits per heavy atom. The third-order valence-corrected chi connectivity index (χ3v) is 4.51. The molecular formula is C17H13BrN2O. The number of fused-ring (bicyclic) bond motifs is 5. The van der Waals surface area contributed by atoms with Crippen molar-refractivity contribution < 1.29 is 4.79 Å². The fraction of sp³-hybridized carbons (Fsp3) is 0.118. The maximum atomic E-state index is 12.3. The van der Waals surface area contributed by atoms with Gasteiger partial charge >= 0.3 is 0 Å². The summed E-state index contributed by atoms with van der Waals surface area (Å²) in [5, 5.41) is 4.13. The normalized spacial score (nSPS) is 13.5. The number of carbonyl (C=O) groups excluding carboxylic acids is 1. The summed E-state index contributed by atoms with van der Waals surface area (Å²) in [5.74, 6) is 0.0326. The van der Waals surface area contributed by atoms with Gasteiger partial charge in [0.2, 0.25) is 5.91 Å². The van der Waals surface area contributed by atoms with Gasteiger partial charge in [-0.1, -0.05) is 34.1 Å². The van der Waals surface area contributed by atoms with Gasteiger partial charge in [-0.2, -0.15) is 0 Å². The minimum atomic E-state index is 0.0326. The van der Waals surface area contributed by atoms with E-state index < -0.39 is 0 Å². The van der Waals surface area contributed by atoms with Gasteiger partial charge in [0.25, 0.3) is 0 Å². The van der Waals surface area contributed by atoms with Gasteiger partial charge in [-0.15, -0.1) is 0 Å². The molecule has 0 saturated heterocycles. The number of benzene rings is 2. The Labute approximate surface area is 130 Å². The fourth-order valence-corrected chi connectivity index (χ4v) is 3.38. The van der Waals surface area contributed by atoms with Gasteiger partial charge < -0.3 is 10.3 Å². The Hall–Kier alpha value is -2.07. The molecule has 3 aromatic rings. The van der Waals surface area contributed by atoms with Gasteiger partial charge in [0.05, 0.1) is 17.8 Å². The fourth-order valence-electron chi connectivity index (χ4n) is 3.02. The Morgan fingerprint density at radius 2 is 2.05 bits per heavy atom. The number of aromatic nitrogens is 1. The molecule has 1 aromatic heterocycles. The summed E-state index contributed by atoms with van der Waals surface area (Å²) >= 11 is 3.51. The predicted molar refractivity (Wildman–Crippen MR) is 88.5 cm³/mol. The number of amides is 1. The molecule has 1 aliphatic heterocycles. The van der Waals surface area contributed by atoms with E-state index in [0.29, 0.717) is 6.42 Å². The van der Waals surface area contributed by atoms with E-state index in [1.807, 2.05) is 31.2 Å². The van der Waals surface area contributed by atoms with Crippen LogP contribution in [0.4, 0.5) is 5.69 Å². The van der Waals surface area contributed by atoms with E-state index in [1.54, 1.807) is 0 Å². The van der Waals surface area contributed by atoms with Crippen molar-refractivity contribution in [2.45, 2.75) is 13.3 Å². The molecule has 4 rings (SSSR count). The quantitative estimate of drug-likeness (QED) is 0.625. The minimum Gasteiger partial charge on any atom is -0.354 e. The molecule has 0 fully saturated rings. The highest BCUT2D eigenvalue weighted by atomic mass is 79.9. The Bertz CT molecular complexity index is 895. The summed E-state index contributed by atoms with van der Waals surface area (Å²) < 4.78 is 1.02. The standard InChI is InChI=1S/C17H13BrN2O/c1-9-3-2-4-11-16(9)20-15(21)8-13-12-7-10(18)5-6-14(12)19-17(11)13/h2-7,19H,8H2,1H3,(H,20,21). The number of hydrogen-bond donors (Lipinski definition) is 2. The monoisotopic (exact) mass is 340 g/mol. The maximum Gasteiger partial charge on any atom is 0.228 e. The van der Waals surface area contributed by atoms with E-state index in [1.165, 1.54) is 0 Å². The minimum absolute atomic E-state index is 0.0326. The lowest BCUT2D eigenvalue weighted by atomic mass is 10.0. The second kappa shape index (κ2) is 4.46. The Balaban J connectivity index is 2.11. The Morgan fingerprint density at radius 3 is 2.90 bits per heavy atom. The van der Waals surface area contributed by atoms with Crippen molar-refractivity contribution in [3.63, 3.8) is 0 Å². The molecule has 0 atom stereocenters. The largest absolute Gasteiger partial charge is 0.354 e. The van der Waals surface area contributed by atoms with E-state index >= 15 is 0 Å². The van der Waals surface area contributed by atoms with Crippen LogP contribution >= 0.6 is 15.9 Å². The van der Waals surface area contributed by atoms with E-state index in [-0.39, 0.29) is 5.91 Å². The summed E-state index contributed by atoms with van der Waals surface area (Å²) in [6, 6.07) is 12.2. The van der Waals surface area contributed by atoms with Gasteiger partial charge in [-0.05, 0) is 36.2 Å². The molecule has 3 nitrogen and oxygen atoms in total. The van der Waals surface area contributed by atoms with Gasteiger partial charge in [0.1, 0.15) is 0 Å². The van der Waals surface area contributed by atoms with Crippen LogP contribution in [0.15, 0.2) is 40.9 Å². The number of H-pyrrole nitrogens is 1. The van der Waals surface area contributed by atoms with Gasteiger partial charge in [-0.3, -0.25) is 4.79 Å². The van der Waals surface area contributed by atoms with Crippen molar-refractivity contribution in [2.75, 3.05) is 5.32 Å². The van der Waals surface area contributed by atoms with Crippen LogP contribution in [0, 0.1) is 6.92 Å². The van der Waals surface area contributed by atoms with Gasteiger partial charge in [0.15, 0.2) is 0 Å². The molecule has 2 heterocycles. The maximum absolute atomic E-state index is 12.3. The number of aryl methyl sites for hydroxylation is 1.